The molecule has 7 nitrogen and oxygen atoms in total. The molecular weight excluding hydrogens is 202 g/mol. The first-order valence-corrected chi connectivity index (χ1v) is 4.30. The summed E-state index contributed by atoms with van der Waals surface area (Å²) in [6.45, 7) is -0.204. The molecule has 0 spiro atoms. The van der Waals surface area contributed by atoms with Crippen LogP contribution < -0.4 is 16.4 Å². The summed E-state index contributed by atoms with van der Waals surface area (Å²) in [7, 11) is 0. The van der Waals surface area contributed by atoms with Crippen LogP contribution in [0.15, 0.2) is 0 Å². The van der Waals surface area contributed by atoms with Crippen LogP contribution in [0, 0.1) is 0 Å². The molecule has 0 rings (SSSR count). The van der Waals surface area contributed by atoms with Crippen LogP contribution in [0.3, 0.4) is 0 Å². The molecule has 1 atom stereocenters. The van der Waals surface area contributed by atoms with Crippen LogP contribution in [0.25, 0.3) is 0 Å². The molecule has 3 amide bonds. The highest BCUT2D eigenvalue weighted by Gasteiger charge is 2.11. The summed E-state index contributed by atoms with van der Waals surface area (Å²) in [6, 6.07) is -0.751. The van der Waals surface area contributed by atoms with E-state index in [1.54, 1.807) is 0 Å². The van der Waals surface area contributed by atoms with Crippen molar-refractivity contribution in [3.63, 3.8) is 0 Å². The number of aldehydes is 1. The molecule has 0 aromatic heterocycles. The first kappa shape index (κ1) is 13.1. The van der Waals surface area contributed by atoms with Gasteiger partial charge in [-0.25, -0.2) is 0 Å². The topological polar surface area (TPSA) is 118 Å². The largest absolute Gasteiger partial charge is 0.370 e. The van der Waals surface area contributed by atoms with Gasteiger partial charge in [0.1, 0.15) is 6.29 Å². The standard InChI is InChI=1S/C8H13N3O4/c9-7(14)2-1-6(4-12)11-8(15)3-10-5-13/h4-6H,1-3H2,(H2,9,14)(H,10,13)(H,11,15). The van der Waals surface area contributed by atoms with E-state index in [0.717, 1.165) is 0 Å². The third-order valence-electron chi connectivity index (χ3n) is 1.56. The first-order valence-electron chi connectivity index (χ1n) is 4.30. The number of hydrogen-bond acceptors (Lipinski definition) is 4. The lowest BCUT2D eigenvalue weighted by atomic mass is 10.1. The zero-order valence-corrected chi connectivity index (χ0v) is 8.06. The van der Waals surface area contributed by atoms with Crippen molar-refractivity contribution in [3.8, 4) is 0 Å². The lowest BCUT2D eigenvalue weighted by Crippen LogP contribution is -2.41. The maximum atomic E-state index is 11.0. The van der Waals surface area contributed by atoms with Gasteiger partial charge >= 0.3 is 0 Å². The Bertz CT molecular complexity index is 254. The van der Waals surface area contributed by atoms with Gasteiger partial charge in [-0.3, -0.25) is 14.4 Å². The molecule has 0 heterocycles. The zero-order chi connectivity index (χ0) is 11.7. The number of carbonyl (C=O) groups excluding carboxylic acids is 4. The van der Waals surface area contributed by atoms with Crippen molar-refractivity contribution in [2.45, 2.75) is 18.9 Å². The molecule has 15 heavy (non-hydrogen) atoms. The second-order valence-electron chi connectivity index (χ2n) is 2.81. The number of rotatable bonds is 8. The third kappa shape index (κ3) is 7.17. The minimum atomic E-state index is -0.751. The highest BCUT2D eigenvalue weighted by molar-refractivity contribution is 5.83. The van der Waals surface area contributed by atoms with E-state index in [1.807, 2.05) is 0 Å². The van der Waals surface area contributed by atoms with Gasteiger partial charge in [0.05, 0.1) is 12.6 Å². The van der Waals surface area contributed by atoms with Gasteiger partial charge in [0.25, 0.3) is 0 Å². The third-order valence-corrected chi connectivity index (χ3v) is 1.56. The fourth-order valence-corrected chi connectivity index (χ4v) is 0.864. The Labute approximate surface area is 86.4 Å². The smallest absolute Gasteiger partial charge is 0.239 e. The van der Waals surface area contributed by atoms with Gasteiger partial charge in [0, 0.05) is 6.42 Å². The van der Waals surface area contributed by atoms with Crippen LogP contribution in [0.2, 0.25) is 0 Å². The summed E-state index contributed by atoms with van der Waals surface area (Å²) < 4.78 is 0. The zero-order valence-electron chi connectivity index (χ0n) is 8.06. The van der Waals surface area contributed by atoms with Crippen LogP contribution >= 0.6 is 0 Å². The minimum absolute atomic E-state index is 0.0186. The fourth-order valence-electron chi connectivity index (χ4n) is 0.864. The van der Waals surface area contributed by atoms with Crippen LogP contribution in [-0.2, 0) is 19.2 Å². The Balaban J connectivity index is 3.86. The van der Waals surface area contributed by atoms with Crippen molar-refractivity contribution < 1.29 is 19.2 Å². The molecule has 0 saturated carbocycles. The van der Waals surface area contributed by atoms with E-state index >= 15 is 0 Å². The summed E-state index contributed by atoms with van der Waals surface area (Å²) in [6.07, 6.45) is 1.07. The van der Waals surface area contributed by atoms with Gasteiger partial charge < -0.3 is 21.2 Å². The average molecular weight is 215 g/mol. The van der Waals surface area contributed by atoms with E-state index < -0.39 is 17.9 Å². The van der Waals surface area contributed by atoms with E-state index in [9.17, 15) is 19.2 Å². The van der Waals surface area contributed by atoms with E-state index in [4.69, 9.17) is 5.73 Å². The number of nitrogens with one attached hydrogen (secondary N) is 2. The second-order valence-corrected chi connectivity index (χ2v) is 2.81. The molecular formula is C8H13N3O4. The van der Waals surface area contributed by atoms with Gasteiger partial charge in [-0.15, -0.1) is 0 Å². The summed E-state index contributed by atoms with van der Waals surface area (Å²) >= 11 is 0. The maximum absolute atomic E-state index is 11.0. The average Bonchev–Trinajstić information content (AvgIpc) is 2.20. The predicted molar refractivity (Wildman–Crippen MR) is 50.5 cm³/mol. The maximum Gasteiger partial charge on any atom is 0.239 e. The monoisotopic (exact) mass is 215 g/mol. The summed E-state index contributed by atoms with van der Waals surface area (Å²) in [4.78, 5) is 41.7. The molecule has 0 aliphatic carbocycles. The molecule has 4 N–H and O–H groups in total. The second kappa shape index (κ2) is 7.48. The molecule has 84 valence electrons. The van der Waals surface area contributed by atoms with E-state index in [-0.39, 0.29) is 19.4 Å². The van der Waals surface area contributed by atoms with E-state index in [2.05, 4.69) is 10.6 Å². The molecule has 0 saturated heterocycles. The Kier molecular flexibility index (Phi) is 6.52. The minimum Gasteiger partial charge on any atom is -0.370 e. The molecule has 0 aromatic rings. The van der Waals surface area contributed by atoms with Gasteiger partial charge in [-0.2, -0.15) is 0 Å². The molecule has 0 radical (unpaired) electrons. The van der Waals surface area contributed by atoms with Crippen LogP contribution in [0.5, 0.6) is 0 Å². The summed E-state index contributed by atoms with van der Waals surface area (Å²) in [5.74, 6) is -1.04. The Morgan fingerprint density at radius 3 is 2.47 bits per heavy atom. The van der Waals surface area contributed by atoms with Crippen molar-refractivity contribution in [2.75, 3.05) is 6.54 Å². The number of amides is 3. The highest BCUT2D eigenvalue weighted by atomic mass is 16.2. The number of carbonyl (C=O) groups is 4. The lowest BCUT2D eigenvalue weighted by Gasteiger charge is -2.11. The van der Waals surface area contributed by atoms with Crippen molar-refractivity contribution in [1.29, 1.82) is 0 Å². The summed E-state index contributed by atoms with van der Waals surface area (Å²) in [5.41, 5.74) is 4.88. The van der Waals surface area contributed by atoms with Crippen molar-refractivity contribution >= 4 is 24.5 Å². The Morgan fingerprint density at radius 1 is 1.33 bits per heavy atom. The molecule has 0 bridgehead atoms. The van der Waals surface area contributed by atoms with Gasteiger partial charge in [-0.1, -0.05) is 0 Å². The Hall–Kier alpha value is -1.92. The van der Waals surface area contributed by atoms with Crippen LogP contribution in [0.1, 0.15) is 12.8 Å². The van der Waals surface area contributed by atoms with Crippen LogP contribution in [-0.4, -0.2) is 37.1 Å². The van der Waals surface area contributed by atoms with Crippen LogP contribution in [0.4, 0.5) is 0 Å². The number of nitrogens with two attached hydrogens (primary N) is 1. The van der Waals surface area contributed by atoms with Crippen molar-refractivity contribution in [3.05, 3.63) is 0 Å². The van der Waals surface area contributed by atoms with Gasteiger partial charge in [0.15, 0.2) is 0 Å². The molecule has 0 aliphatic heterocycles. The van der Waals surface area contributed by atoms with Crippen molar-refractivity contribution in [2.24, 2.45) is 5.73 Å². The van der Waals surface area contributed by atoms with E-state index in [0.29, 0.717) is 12.7 Å². The number of hydrogen-bond donors (Lipinski definition) is 3. The normalized spacial score (nSPS) is 11.2. The molecule has 0 fully saturated rings. The first-order chi connectivity index (χ1) is 7.10. The Morgan fingerprint density at radius 2 is 2.00 bits per heavy atom. The molecule has 0 aliphatic rings. The fraction of sp³-hybridized carbons (Fsp3) is 0.500. The summed E-state index contributed by atoms with van der Waals surface area (Å²) in [5, 5.41) is 4.46. The SMILES string of the molecule is NC(=O)CCC(C=O)NC(=O)CNC=O. The van der Waals surface area contributed by atoms with Crippen molar-refractivity contribution in [1.82, 2.24) is 10.6 Å². The van der Waals surface area contributed by atoms with Gasteiger partial charge in [-0.05, 0) is 6.42 Å². The lowest BCUT2D eigenvalue weighted by molar-refractivity contribution is -0.125. The molecule has 7 heteroatoms. The van der Waals surface area contributed by atoms with Gasteiger partial charge in [0.2, 0.25) is 18.2 Å². The quantitative estimate of drug-likeness (QED) is 0.394. The highest BCUT2D eigenvalue weighted by Crippen LogP contribution is 1.93. The predicted octanol–water partition coefficient (Wildman–Crippen LogP) is -2.32. The molecule has 1 unspecified atom stereocenters. The number of primary amides is 1. The van der Waals surface area contributed by atoms with E-state index in [1.165, 1.54) is 0 Å². The molecule has 0 aromatic carbocycles.